The first-order chi connectivity index (χ1) is 11.8. The second kappa shape index (κ2) is 5.30. The van der Waals surface area contributed by atoms with E-state index in [4.69, 9.17) is 0 Å². The van der Waals surface area contributed by atoms with Crippen molar-refractivity contribution in [2.24, 2.45) is 0 Å². The second-order valence-corrected chi connectivity index (χ2v) is 7.77. The minimum absolute atomic E-state index is 0.245. The summed E-state index contributed by atoms with van der Waals surface area (Å²) in [6.45, 7) is 1.82. The minimum Gasteiger partial charge on any atom is -0.464 e. The highest BCUT2D eigenvalue weighted by atomic mass is 32.3. The van der Waals surface area contributed by atoms with E-state index in [2.05, 4.69) is 4.72 Å². The Bertz CT molecular complexity index is 1030. The van der Waals surface area contributed by atoms with E-state index in [0.29, 0.717) is 15.8 Å². The number of halogens is 1. The summed E-state index contributed by atoms with van der Waals surface area (Å²) >= 11 is 0. The van der Waals surface area contributed by atoms with Crippen molar-refractivity contribution in [2.45, 2.75) is 17.9 Å². The standard InChI is InChI=1S/C17H15FN2O4S/c1-9-13-6-10(2-5-16(13)25(23,24)19-9)14-8-20(17(21)22)15-7-11(18)3-4-12(14)15/h2-9,19,23-24H,1H3,(H,21,22)/t9-/m1/s1. The van der Waals surface area contributed by atoms with Crippen LogP contribution in [0.1, 0.15) is 18.5 Å². The third-order valence-electron chi connectivity index (χ3n) is 4.41. The lowest BCUT2D eigenvalue weighted by atomic mass is 10.00. The Morgan fingerprint density at radius 1 is 1.24 bits per heavy atom. The first-order valence-corrected chi connectivity index (χ1v) is 9.06. The monoisotopic (exact) mass is 362 g/mol. The Morgan fingerprint density at radius 2 is 2.00 bits per heavy atom. The van der Waals surface area contributed by atoms with Gasteiger partial charge in [-0.25, -0.2) is 13.9 Å². The fraction of sp³-hybridized carbons (Fsp3) is 0.118. The van der Waals surface area contributed by atoms with Crippen LogP contribution in [0.3, 0.4) is 0 Å². The molecule has 25 heavy (non-hydrogen) atoms. The summed E-state index contributed by atoms with van der Waals surface area (Å²) in [4.78, 5) is 11.9. The molecule has 4 N–H and O–H groups in total. The average Bonchev–Trinajstić information content (AvgIpc) is 3.02. The molecular formula is C17H15FN2O4S. The number of hydrogen-bond acceptors (Lipinski definition) is 4. The lowest BCUT2D eigenvalue weighted by Crippen LogP contribution is -2.14. The van der Waals surface area contributed by atoms with Crippen molar-refractivity contribution in [1.82, 2.24) is 9.29 Å². The molecule has 2 aromatic carbocycles. The number of carbonyl (C=O) groups is 1. The Kier molecular flexibility index (Phi) is 3.41. The average molecular weight is 362 g/mol. The predicted octanol–water partition coefficient (Wildman–Crippen LogP) is 4.66. The van der Waals surface area contributed by atoms with Gasteiger partial charge in [0.2, 0.25) is 0 Å². The summed E-state index contributed by atoms with van der Waals surface area (Å²) in [5, 5.41) is 9.97. The number of hydrogen-bond donors (Lipinski definition) is 4. The summed E-state index contributed by atoms with van der Waals surface area (Å²) in [5.74, 6) is -0.514. The molecule has 0 saturated heterocycles. The van der Waals surface area contributed by atoms with Crippen LogP contribution in [0.15, 0.2) is 47.5 Å². The molecule has 1 aromatic heterocycles. The third-order valence-corrected chi connectivity index (χ3v) is 6.08. The molecule has 8 heteroatoms. The van der Waals surface area contributed by atoms with E-state index < -0.39 is 22.7 Å². The summed E-state index contributed by atoms with van der Waals surface area (Å²) in [7, 11) is -3.01. The molecule has 4 rings (SSSR count). The molecule has 130 valence electrons. The largest absolute Gasteiger partial charge is 0.464 e. The summed E-state index contributed by atoms with van der Waals surface area (Å²) in [6, 6.07) is 8.90. The van der Waals surface area contributed by atoms with E-state index in [-0.39, 0.29) is 11.6 Å². The molecule has 0 fully saturated rings. The van der Waals surface area contributed by atoms with Crippen LogP contribution in [0, 0.1) is 5.82 Å². The van der Waals surface area contributed by atoms with Crippen molar-refractivity contribution in [3.8, 4) is 11.1 Å². The van der Waals surface area contributed by atoms with Crippen molar-refractivity contribution in [3.05, 3.63) is 54.0 Å². The van der Waals surface area contributed by atoms with Gasteiger partial charge in [0.25, 0.3) is 0 Å². The summed E-state index contributed by atoms with van der Waals surface area (Å²) in [5.41, 5.74) is 2.37. The Morgan fingerprint density at radius 3 is 2.72 bits per heavy atom. The lowest BCUT2D eigenvalue weighted by Gasteiger charge is -2.27. The quantitative estimate of drug-likeness (QED) is 0.505. The molecule has 3 aromatic rings. The van der Waals surface area contributed by atoms with E-state index in [0.717, 1.165) is 15.7 Å². The molecular weight excluding hydrogens is 347 g/mol. The fourth-order valence-electron chi connectivity index (χ4n) is 3.28. The summed E-state index contributed by atoms with van der Waals surface area (Å²) in [6.07, 6.45) is 0.242. The zero-order chi connectivity index (χ0) is 17.9. The molecule has 0 saturated carbocycles. The molecule has 0 amide bonds. The Labute approximate surface area is 144 Å². The number of benzene rings is 2. The van der Waals surface area contributed by atoms with Crippen LogP contribution in [-0.4, -0.2) is 24.9 Å². The van der Waals surface area contributed by atoms with Crippen LogP contribution in [0.4, 0.5) is 9.18 Å². The summed E-state index contributed by atoms with van der Waals surface area (Å²) < 4.78 is 37.4. The van der Waals surface area contributed by atoms with Crippen LogP contribution < -0.4 is 4.72 Å². The third kappa shape index (κ3) is 2.42. The van der Waals surface area contributed by atoms with Crippen molar-refractivity contribution in [3.63, 3.8) is 0 Å². The highest BCUT2D eigenvalue weighted by Gasteiger charge is 2.32. The van der Waals surface area contributed by atoms with Crippen LogP contribution in [-0.2, 0) is 0 Å². The zero-order valence-corrected chi connectivity index (χ0v) is 13.9. The molecule has 0 unspecified atom stereocenters. The normalized spacial score (nSPS) is 19.8. The molecule has 0 radical (unpaired) electrons. The lowest BCUT2D eigenvalue weighted by molar-refractivity contribution is 0.197. The number of nitrogens with zero attached hydrogens (tertiary/aromatic N) is 1. The first-order valence-electron chi connectivity index (χ1n) is 7.51. The number of carboxylic acid groups (broad SMARTS) is 1. The highest BCUT2D eigenvalue weighted by Crippen LogP contribution is 2.55. The molecule has 0 spiro atoms. The van der Waals surface area contributed by atoms with Crippen molar-refractivity contribution in [2.75, 3.05) is 0 Å². The van der Waals surface area contributed by atoms with Gasteiger partial charge < -0.3 is 5.11 Å². The van der Waals surface area contributed by atoms with E-state index in [1.54, 1.807) is 24.3 Å². The van der Waals surface area contributed by atoms with E-state index in [1.165, 1.54) is 18.3 Å². The molecule has 2 heterocycles. The topological polar surface area (TPSA) is 94.7 Å². The van der Waals surface area contributed by atoms with Gasteiger partial charge in [-0.15, -0.1) is 10.8 Å². The highest BCUT2D eigenvalue weighted by molar-refractivity contribution is 8.22. The van der Waals surface area contributed by atoms with Crippen LogP contribution in [0.5, 0.6) is 0 Å². The predicted molar refractivity (Wildman–Crippen MR) is 93.4 cm³/mol. The fourth-order valence-corrected chi connectivity index (χ4v) is 4.84. The maximum atomic E-state index is 13.5. The van der Waals surface area contributed by atoms with Gasteiger partial charge in [0.15, 0.2) is 0 Å². The van der Waals surface area contributed by atoms with Crippen molar-refractivity contribution >= 4 is 27.8 Å². The minimum atomic E-state index is -3.01. The van der Waals surface area contributed by atoms with Crippen LogP contribution >= 0.6 is 10.8 Å². The van der Waals surface area contributed by atoms with Gasteiger partial charge in [-0.2, -0.15) is 0 Å². The number of nitrogens with one attached hydrogen (secondary N) is 1. The number of fused-ring (bicyclic) bond motifs is 2. The number of aromatic nitrogens is 1. The first kappa shape index (κ1) is 16.1. The SMILES string of the molecule is C[C@H]1NS(O)(O)c2ccc(-c3cn(C(=O)O)c4cc(F)ccc34)cc21. The second-order valence-electron chi connectivity index (χ2n) is 6.00. The molecule has 1 atom stereocenters. The van der Waals surface area contributed by atoms with Crippen molar-refractivity contribution < 1.29 is 23.4 Å². The van der Waals surface area contributed by atoms with Gasteiger partial charge in [-0.1, -0.05) is 6.07 Å². The van der Waals surface area contributed by atoms with E-state index in [9.17, 15) is 23.4 Å². The molecule has 0 aliphatic carbocycles. The maximum absolute atomic E-state index is 13.5. The number of rotatable bonds is 1. The Hall–Kier alpha value is -2.39. The Balaban J connectivity index is 1.95. The van der Waals surface area contributed by atoms with Gasteiger partial charge in [0, 0.05) is 17.1 Å². The van der Waals surface area contributed by atoms with Gasteiger partial charge in [-0.3, -0.25) is 13.7 Å². The van der Waals surface area contributed by atoms with Crippen molar-refractivity contribution in [1.29, 1.82) is 0 Å². The van der Waals surface area contributed by atoms with Gasteiger partial charge in [0.1, 0.15) is 5.82 Å². The molecule has 1 aliphatic rings. The zero-order valence-electron chi connectivity index (χ0n) is 13.1. The van der Waals surface area contributed by atoms with Gasteiger partial charge in [-0.05, 0) is 48.4 Å². The smallest absolute Gasteiger partial charge is 0.416 e. The van der Waals surface area contributed by atoms with E-state index in [1.807, 2.05) is 6.92 Å². The van der Waals surface area contributed by atoms with Crippen LogP contribution in [0.2, 0.25) is 0 Å². The van der Waals surface area contributed by atoms with Gasteiger partial charge >= 0.3 is 6.09 Å². The van der Waals surface area contributed by atoms with E-state index >= 15 is 0 Å². The molecule has 6 nitrogen and oxygen atoms in total. The molecule has 0 bridgehead atoms. The van der Waals surface area contributed by atoms with Gasteiger partial charge in [0.05, 0.1) is 16.5 Å². The van der Waals surface area contributed by atoms with Crippen LogP contribution in [0.25, 0.3) is 22.0 Å². The molecule has 1 aliphatic heterocycles. The maximum Gasteiger partial charge on any atom is 0.416 e.